The van der Waals surface area contributed by atoms with Crippen molar-refractivity contribution in [1.29, 1.82) is 0 Å². The van der Waals surface area contributed by atoms with Gasteiger partial charge in [0.05, 0.1) is 11.9 Å². The fourth-order valence-electron chi connectivity index (χ4n) is 3.72. The molecule has 2 amide bonds. The lowest BCUT2D eigenvalue weighted by atomic mass is 9.80. The summed E-state index contributed by atoms with van der Waals surface area (Å²) in [5.41, 5.74) is 0.516. The van der Waals surface area contributed by atoms with Crippen molar-refractivity contribution >= 4 is 27.5 Å². The van der Waals surface area contributed by atoms with E-state index in [1.807, 2.05) is 13.8 Å². The van der Waals surface area contributed by atoms with Gasteiger partial charge in [0.2, 0.25) is 15.9 Å². The fraction of sp³-hybridized carbons (Fsp3) is 0.600. The molecule has 0 unspecified atom stereocenters. The third-order valence-electron chi connectivity index (χ3n) is 5.32. The van der Waals surface area contributed by atoms with Crippen LogP contribution in [0, 0.1) is 6.92 Å². The molecule has 0 aliphatic heterocycles. The van der Waals surface area contributed by atoms with E-state index >= 15 is 0 Å². The normalized spacial score (nSPS) is 16.3. The number of likely N-dealkylation sites (N-methyl/N-ethyl adjacent to an activating group) is 1. The monoisotopic (exact) mass is 409 g/mol. The number of nitrogens with zero attached hydrogens (tertiary/aromatic N) is 1. The first-order valence-electron chi connectivity index (χ1n) is 9.82. The molecule has 0 radical (unpaired) electrons. The molecule has 0 heterocycles. The topological polar surface area (TPSA) is 95.6 Å². The van der Waals surface area contributed by atoms with Crippen molar-refractivity contribution in [3.8, 4) is 0 Å². The van der Waals surface area contributed by atoms with Crippen molar-refractivity contribution in [3.05, 3.63) is 29.3 Å². The number of benzene rings is 1. The van der Waals surface area contributed by atoms with E-state index in [4.69, 9.17) is 0 Å². The first-order valence-corrected chi connectivity index (χ1v) is 11.7. The van der Waals surface area contributed by atoms with Crippen LogP contribution in [0.2, 0.25) is 0 Å². The number of nitrogens with one attached hydrogen (secondary N) is 2. The number of hydrogen-bond donors (Lipinski definition) is 2. The summed E-state index contributed by atoms with van der Waals surface area (Å²) in [6.07, 6.45) is 5.14. The predicted molar refractivity (Wildman–Crippen MR) is 111 cm³/mol. The van der Waals surface area contributed by atoms with Crippen molar-refractivity contribution in [2.24, 2.45) is 0 Å². The van der Waals surface area contributed by atoms with Crippen molar-refractivity contribution in [1.82, 2.24) is 10.2 Å². The van der Waals surface area contributed by atoms with E-state index in [1.54, 1.807) is 24.0 Å². The van der Waals surface area contributed by atoms with Crippen LogP contribution in [0.15, 0.2) is 18.2 Å². The fourth-order valence-corrected chi connectivity index (χ4v) is 4.34. The summed E-state index contributed by atoms with van der Waals surface area (Å²) in [6.45, 7) is 6.83. The second kappa shape index (κ2) is 8.94. The lowest BCUT2D eigenvalue weighted by molar-refractivity contribution is -0.139. The van der Waals surface area contributed by atoms with Crippen LogP contribution in [0.1, 0.15) is 61.9 Å². The van der Waals surface area contributed by atoms with E-state index in [2.05, 4.69) is 10.0 Å². The number of hydrogen-bond acceptors (Lipinski definition) is 4. The van der Waals surface area contributed by atoms with Crippen LogP contribution in [0.4, 0.5) is 5.69 Å². The molecule has 0 spiro atoms. The van der Waals surface area contributed by atoms with E-state index in [-0.39, 0.29) is 11.8 Å². The molecule has 2 N–H and O–H groups in total. The minimum absolute atomic E-state index is 0.0350. The maximum atomic E-state index is 13.2. The standard InChI is InChI=1S/C20H31N3O4S/c1-5-23(6-2)19(25)20(12-8-7-9-13-20)21-18(24)16-11-10-15(3)17(14-16)22-28(4,26)27/h10-11,14,22H,5-9,12-13H2,1-4H3,(H,21,24). The van der Waals surface area contributed by atoms with Crippen molar-refractivity contribution in [2.45, 2.75) is 58.4 Å². The van der Waals surface area contributed by atoms with Crippen LogP contribution in [-0.2, 0) is 14.8 Å². The van der Waals surface area contributed by atoms with Gasteiger partial charge >= 0.3 is 0 Å². The van der Waals surface area contributed by atoms with E-state index in [9.17, 15) is 18.0 Å². The lowest BCUT2D eigenvalue weighted by Gasteiger charge is -2.40. The first kappa shape index (κ1) is 22.2. The van der Waals surface area contributed by atoms with Gasteiger partial charge in [-0.2, -0.15) is 0 Å². The Morgan fingerprint density at radius 3 is 2.25 bits per heavy atom. The number of sulfonamides is 1. The second-order valence-corrected chi connectivity index (χ2v) is 9.23. The number of rotatable bonds is 7. The van der Waals surface area contributed by atoms with E-state index in [0.717, 1.165) is 25.5 Å². The molecule has 28 heavy (non-hydrogen) atoms. The van der Waals surface area contributed by atoms with E-state index in [0.29, 0.717) is 42.7 Å². The predicted octanol–water partition coefficient (Wildman–Crippen LogP) is 2.67. The van der Waals surface area contributed by atoms with Gasteiger partial charge in [-0.15, -0.1) is 0 Å². The molecular formula is C20H31N3O4S. The van der Waals surface area contributed by atoms with Gasteiger partial charge < -0.3 is 10.2 Å². The molecule has 1 aliphatic rings. The van der Waals surface area contributed by atoms with E-state index < -0.39 is 15.6 Å². The molecule has 1 aromatic carbocycles. The molecule has 0 aromatic heterocycles. The minimum atomic E-state index is -3.46. The minimum Gasteiger partial charge on any atom is -0.341 e. The Morgan fingerprint density at radius 1 is 1.11 bits per heavy atom. The Kier molecular flexibility index (Phi) is 7.09. The quantitative estimate of drug-likeness (QED) is 0.724. The highest BCUT2D eigenvalue weighted by Crippen LogP contribution is 2.31. The summed E-state index contributed by atoms with van der Waals surface area (Å²) in [6, 6.07) is 4.86. The van der Waals surface area contributed by atoms with Gasteiger partial charge in [0.1, 0.15) is 5.54 Å². The van der Waals surface area contributed by atoms with Crippen molar-refractivity contribution < 1.29 is 18.0 Å². The van der Waals surface area contributed by atoms with Gasteiger partial charge in [0.25, 0.3) is 5.91 Å². The van der Waals surface area contributed by atoms with Gasteiger partial charge in [-0.05, 0) is 51.3 Å². The Hall–Kier alpha value is -2.09. The molecule has 8 heteroatoms. The molecule has 2 rings (SSSR count). The summed E-state index contributed by atoms with van der Waals surface area (Å²) in [5.74, 6) is -0.397. The van der Waals surface area contributed by atoms with Crippen LogP contribution in [0.25, 0.3) is 0 Å². The zero-order valence-corrected chi connectivity index (χ0v) is 18.0. The summed E-state index contributed by atoms with van der Waals surface area (Å²) in [4.78, 5) is 27.9. The average Bonchev–Trinajstić information content (AvgIpc) is 2.64. The highest BCUT2D eigenvalue weighted by molar-refractivity contribution is 7.92. The Bertz CT molecular complexity index is 826. The third kappa shape index (κ3) is 5.25. The maximum Gasteiger partial charge on any atom is 0.252 e. The third-order valence-corrected chi connectivity index (χ3v) is 5.91. The Morgan fingerprint density at radius 2 is 1.71 bits per heavy atom. The smallest absolute Gasteiger partial charge is 0.252 e. The Labute approximate surface area is 167 Å². The molecule has 7 nitrogen and oxygen atoms in total. The zero-order chi connectivity index (χ0) is 20.9. The first-order chi connectivity index (χ1) is 13.1. The zero-order valence-electron chi connectivity index (χ0n) is 17.2. The van der Waals surface area contributed by atoms with Gasteiger partial charge in [0, 0.05) is 18.7 Å². The summed E-state index contributed by atoms with van der Waals surface area (Å²) in [7, 11) is -3.46. The highest BCUT2D eigenvalue weighted by atomic mass is 32.2. The number of carbonyl (C=O) groups excluding carboxylic acids is 2. The van der Waals surface area contributed by atoms with Crippen molar-refractivity contribution in [2.75, 3.05) is 24.1 Å². The molecule has 1 aliphatic carbocycles. The van der Waals surface area contributed by atoms with Crippen LogP contribution in [-0.4, -0.2) is 50.0 Å². The summed E-state index contributed by atoms with van der Waals surface area (Å²) < 4.78 is 25.6. The largest absolute Gasteiger partial charge is 0.341 e. The number of anilines is 1. The van der Waals surface area contributed by atoms with Crippen LogP contribution in [0.3, 0.4) is 0 Å². The molecule has 0 saturated heterocycles. The number of carbonyl (C=O) groups is 2. The summed E-state index contributed by atoms with van der Waals surface area (Å²) >= 11 is 0. The van der Waals surface area contributed by atoms with Crippen LogP contribution >= 0.6 is 0 Å². The van der Waals surface area contributed by atoms with Gasteiger partial charge in [-0.3, -0.25) is 14.3 Å². The maximum absolute atomic E-state index is 13.2. The number of aryl methyl sites for hydroxylation is 1. The van der Waals surface area contributed by atoms with Crippen molar-refractivity contribution in [3.63, 3.8) is 0 Å². The number of amides is 2. The molecule has 0 bridgehead atoms. The molecule has 156 valence electrons. The molecular weight excluding hydrogens is 378 g/mol. The lowest BCUT2D eigenvalue weighted by Crippen LogP contribution is -2.60. The molecule has 0 atom stereocenters. The second-order valence-electron chi connectivity index (χ2n) is 7.48. The van der Waals surface area contributed by atoms with Gasteiger partial charge in [0.15, 0.2) is 0 Å². The van der Waals surface area contributed by atoms with Crippen LogP contribution in [0.5, 0.6) is 0 Å². The molecule has 1 aromatic rings. The average molecular weight is 410 g/mol. The molecule has 1 saturated carbocycles. The van der Waals surface area contributed by atoms with Gasteiger partial charge in [-0.25, -0.2) is 8.42 Å². The SMILES string of the molecule is CCN(CC)C(=O)C1(NC(=O)c2ccc(C)c(NS(C)(=O)=O)c2)CCCCC1. The summed E-state index contributed by atoms with van der Waals surface area (Å²) in [5, 5.41) is 3.00. The van der Waals surface area contributed by atoms with E-state index in [1.165, 1.54) is 6.07 Å². The Balaban J connectivity index is 2.31. The highest BCUT2D eigenvalue weighted by Gasteiger charge is 2.42. The van der Waals surface area contributed by atoms with Crippen LogP contribution < -0.4 is 10.0 Å². The molecule has 1 fully saturated rings. The van der Waals surface area contributed by atoms with Gasteiger partial charge in [-0.1, -0.05) is 25.3 Å².